The molecule has 1 fully saturated rings. The van der Waals surface area contributed by atoms with Crippen molar-refractivity contribution < 1.29 is 0 Å². The topological polar surface area (TPSA) is 78.8 Å². The summed E-state index contributed by atoms with van der Waals surface area (Å²) in [6.07, 6.45) is 2.28. The first-order valence-corrected chi connectivity index (χ1v) is 6.56. The van der Waals surface area contributed by atoms with Gasteiger partial charge in [-0.25, -0.2) is 9.97 Å². The molecule has 1 heterocycles. The van der Waals surface area contributed by atoms with E-state index in [0.29, 0.717) is 17.3 Å². The third-order valence-corrected chi connectivity index (χ3v) is 3.42. The van der Waals surface area contributed by atoms with E-state index in [9.17, 15) is 0 Å². The van der Waals surface area contributed by atoms with Gasteiger partial charge < -0.3 is 10.6 Å². The molecule has 1 aliphatic rings. The van der Waals surface area contributed by atoms with Gasteiger partial charge in [0.1, 0.15) is 17.5 Å². The Morgan fingerprint density at radius 1 is 1.25 bits per heavy atom. The van der Waals surface area contributed by atoms with Crippen LogP contribution in [0.4, 0.5) is 17.3 Å². The fourth-order valence-corrected chi connectivity index (χ4v) is 2.06. The number of benzene rings is 1. The van der Waals surface area contributed by atoms with Gasteiger partial charge >= 0.3 is 0 Å². The monoisotopic (exact) mass is 265 g/mol. The summed E-state index contributed by atoms with van der Waals surface area (Å²) < 4.78 is 0. The molecule has 1 saturated carbocycles. The summed E-state index contributed by atoms with van der Waals surface area (Å²) in [7, 11) is 1.93. The molecule has 0 unspecified atom stereocenters. The lowest BCUT2D eigenvalue weighted by Crippen LogP contribution is -2.13. The van der Waals surface area contributed by atoms with E-state index in [1.165, 1.54) is 0 Å². The first-order chi connectivity index (χ1) is 9.67. The molecular weight excluding hydrogens is 250 g/mol. The molecule has 0 saturated heterocycles. The maximum Gasteiger partial charge on any atom is 0.138 e. The number of nitrogens with zero attached hydrogens (tertiary/aromatic N) is 4. The molecule has 2 N–H and O–H groups in total. The lowest BCUT2D eigenvalue weighted by atomic mass is 10.2. The van der Waals surface area contributed by atoms with Crippen molar-refractivity contribution in [2.45, 2.75) is 18.8 Å². The Kier molecular flexibility index (Phi) is 2.99. The Hall–Kier alpha value is -2.61. The minimum Gasteiger partial charge on any atom is -0.384 e. The van der Waals surface area contributed by atoms with Gasteiger partial charge in [-0.2, -0.15) is 5.26 Å². The largest absolute Gasteiger partial charge is 0.384 e. The Morgan fingerprint density at radius 2 is 1.95 bits per heavy atom. The fraction of sp³-hybridized carbons (Fsp3) is 0.267. The average molecular weight is 265 g/mol. The SMILES string of the molecule is CN(c1ccc(C#N)cc1)c1cc(N)nc(C2CC2)n1. The second-order valence-electron chi connectivity index (χ2n) is 5.00. The number of hydrogen-bond donors (Lipinski definition) is 1. The van der Waals surface area contributed by atoms with Gasteiger partial charge in [0.05, 0.1) is 11.6 Å². The fourth-order valence-electron chi connectivity index (χ4n) is 2.06. The number of nitriles is 1. The van der Waals surface area contributed by atoms with Gasteiger partial charge in [-0.05, 0) is 37.1 Å². The Morgan fingerprint density at radius 3 is 2.55 bits per heavy atom. The molecule has 1 aromatic heterocycles. The van der Waals surface area contributed by atoms with Crippen LogP contribution in [0.3, 0.4) is 0 Å². The van der Waals surface area contributed by atoms with Crippen molar-refractivity contribution in [3.05, 3.63) is 41.7 Å². The van der Waals surface area contributed by atoms with Gasteiger partial charge in [0.15, 0.2) is 0 Å². The van der Waals surface area contributed by atoms with Crippen LogP contribution in [0.25, 0.3) is 0 Å². The van der Waals surface area contributed by atoms with Crippen LogP contribution in [-0.4, -0.2) is 17.0 Å². The molecule has 1 aliphatic carbocycles. The van der Waals surface area contributed by atoms with Crippen molar-refractivity contribution in [3.63, 3.8) is 0 Å². The predicted octanol–water partition coefficient (Wildman–Crippen LogP) is 2.58. The maximum atomic E-state index is 8.82. The van der Waals surface area contributed by atoms with Gasteiger partial charge in [-0.3, -0.25) is 0 Å². The molecule has 0 atom stereocenters. The van der Waals surface area contributed by atoms with Crippen molar-refractivity contribution in [1.29, 1.82) is 5.26 Å². The smallest absolute Gasteiger partial charge is 0.138 e. The summed E-state index contributed by atoms with van der Waals surface area (Å²) in [6.45, 7) is 0. The molecular formula is C15H15N5. The number of rotatable bonds is 3. The number of hydrogen-bond acceptors (Lipinski definition) is 5. The summed E-state index contributed by atoms with van der Waals surface area (Å²) in [5.41, 5.74) is 7.47. The molecule has 1 aromatic carbocycles. The van der Waals surface area contributed by atoms with Crippen LogP contribution >= 0.6 is 0 Å². The van der Waals surface area contributed by atoms with Gasteiger partial charge in [0, 0.05) is 24.7 Å². The Balaban J connectivity index is 1.92. The normalized spacial score (nSPS) is 13.8. The quantitative estimate of drug-likeness (QED) is 0.922. The van der Waals surface area contributed by atoms with Gasteiger partial charge in [0.25, 0.3) is 0 Å². The van der Waals surface area contributed by atoms with E-state index >= 15 is 0 Å². The molecule has 3 rings (SSSR count). The first-order valence-electron chi connectivity index (χ1n) is 6.56. The number of aromatic nitrogens is 2. The Labute approximate surface area is 117 Å². The third kappa shape index (κ3) is 2.41. The zero-order valence-electron chi connectivity index (χ0n) is 11.2. The number of nitrogens with two attached hydrogens (primary N) is 1. The number of anilines is 3. The van der Waals surface area contributed by atoms with Gasteiger partial charge in [-0.1, -0.05) is 0 Å². The lowest BCUT2D eigenvalue weighted by molar-refractivity contribution is 0.919. The van der Waals surface area contributed by atoms with Crippen LogP contribution in [0, 0.1) is 11.3 Å². The van der Waals surface area contributed by atoms with Crippen LogP contribution < -0.4 is 10.6 Å². The molecule has 0 aliphatic heterocycles. The van der Waals surface area contributed by atoms with Crippen LogP contribution in [-0.2, 0) is 0 Å². The van der Waals surface area contributed by atoms with Crippen LogP contribution in [0.2, 0.25) is 0 Å². The first kappa shape index (κ1) is 12.4. The number of nitrogen functional groups attached to an aromatic ring is 1. The van der Waals surface area contributed by atoms with Crippen LogP contribution in [0.5, 0.6) is 0 Å². The molecule has 5 heteroatoms. The molecule has 0 spiro atoms. The van der Waals surface area contributed by atoms with Crippen molar-refractivity contribution in [1.82, 2.24) is 9.97 Å². The summed E-state index contributed by atoms with van der Waals surface area (Å²) in [5, 5.41) is 8.82. The highest BCUT2D eigenvalue weighted by molar-refractivity contribution is 5.62. The Bertz CT molecular complexity index is 668. The van der Waals surface area contributed by atoms with Crippen molar-refractivity contribution in [2.24, 2.45) is 0 Å². The molecule has 100 valence electrons. The van der Waals surface area contributed by atoms with E-state index in [0.717, 1.165) is 30.2 Å². The van der Waals surface area contributed by atoms with Crippen molar-refractivity contribution in [2.75, 3.05) is 17.7 Å². The van der Waals surface area contributed by atoms with E-state index in [4.69, 9.17) is 11.0 Å². The van der Waals surface area contributed by atoms with Crippen molar-refractivity contribution in [3.8, 4) is 6.07 Å². The molecule has 2 aromatic rings. The molecule has 5 nitrogen and oxygen atoms in total. The second kappa shape index (κ2) is 4.82. The van der Waals surface area contributed by atoms with E-state index in [-0.39, 0.29) is 0 Å². The molecule has 0 bridgehead atoms. The zero-order valence-corrected chi connectivity index (χ0v) is 11.2. The highest BCUT2D eigenvalue weighted by Crippen LogP contribution is 2.39. The summed E-state index contributed by atoms with van der Waals surface area (Å²) in [5.74, 6) is 2.58. The minimum atomic E-state index is 0.464. The molecule has 0 amide bonds. The summed E-state index contributed by atoms with van der Waals surface area (Å²) in [6, 6.07) is 11.3. The summed E-state index contributed by atoms with van der Waals surface area (Å²) in [4.78, 5) is 10.8. The van der Waals surface area contributed by atoms with Gasteiger partial charge in [-0.15, -0.1) is 0 Å². The van der Waals surface area contributed by atoms with E-state index in [1.807, 2.05) is 24.1 Å². The van der Waals surface area contributed by atoms with Gasteiger partial charge in [0.2, 0.25) is 0 Å². The maximum absolute atomic E-state index is 8.82. The lowest BCUT2D eigenvalue weighted by Gasteiger charge is -2.19. The summed E-state index contributed by atoms with van der Waals surface area (Å²) >= 11 is 0. The second-order valence-corrected chi connectivity index (χ2v) is 5.00. The van der Waals surface area contributed by atoms with E-state index in [2.05, 4.69) is 16.0 Å². The average Bonchev–Trinajstić information content (AvgIpc) is 3.30. The third-order valence-electron chi connectivity index (χ3n) is 3.42. The standard InChI is InChI=1S/C15H15N5/c1-20(12-6-2-10(9-16)3-7-12)14-8-13(17)18-15(19-14)11-4-5-11/h2-3,6-8,11H,4-5H2,1H3,(H2,17,18,19). The molecule has 0 radical (unpaired) electrons. The zero-order chi connectivity index (χ0) is 14.1. The predicted molar refractivity (Wildman–Crippen MR) is 77.6 cm³/mol. The minimum absolute atomic E-state index is 0.464. The van der Waals surface area contributed by atoms with Crippen molar-refractivity contribution >= 4 is 17.3 Å². The highest BCUT2D eigenvalue weighted by Gasteiger charge is 2.27. The van der Waals surface area contributed by atoms with Crippen LogP contribution in [0.1, 0.15) is 30.1 Å². The molecule has 20 heavy (non-hydrogen) atoms. The highest BCUT2D eigenvalue weighted by atomic mass is 15.2. The van der Waals surface area contributed by atoms with Crippen LogP contribution in [0.15, 0.2) is 30.3 Å². The van der Waals surface area contributed by atoms with E-state index < -0.39 is 0 Å². The van der Waals surface area contributed by atoms with E-state index in [1.54, 1.807) is 18.2 Å².